The smallest absolute Gasteiger partial charge is 0.338 e. The number of hydrogen-bond acceptors (Lipinski definition) is 5. The van der Waals surface area contributed by atoms with Gasteiger partial charge in [0.25, 0.3) is 0 Å². The van der Waals surface area contributed by atoms with Gasteiger partial charge in [-0.15, -0.1) is 0 Å². The minimum atomic E-state index is -0.975. The normalized spacial score (nSPS) is 17.2. The van der Waals surface area contributed by atoms with Gasteiger partial charge >= 0.3 is 5.97 Å². The van der Waals surface area contributed by atoms with E-state index >= 15 is 0 Å². The van der Waals surface area contributed by atoms with E-state index in [1.165, 1.54) is 0 Å². The highest BCUT2D eigenvalue weighted by Gasteiger charge is 2.20. The number of carboxylic acid groups (broad SMARTS) is 1. The van der Waals surface area contributed by atoms with Crippen LogP contribution >= 0.6 is 0 Å². The molecule has 0 bridgehead atoms. The molecule has 0 radical (unpaired) electrons. The lowest BCUT2D eigenvalue weighted by atomic mass is 10.0. The summed E-state index contributed by atoms with van der Waals surface area (Å²) in [6, 6.07) is 5.23. The third-order valence-electron chi connectivity index (χ3n) is 3.67. The third-order valence-corrected chi connectivity index (χ3v) is 3.67. The van der Waals surface area contributed by atoms with Crippen molar-refractivity contribution in [3.63, 3.8) is 0 Å². The van der Waals surface area contributed by atoms with Gasteiger partial charge in [-0.25, -0.2) is 4.79 Å². The Morgan fingerprint density at radius 2 is 1.85 bits per heavy atom. The highest BCUT2D eigenvalue weighted by Crippen LogP contribution is 2.19. The molecule has 1 heterocycles. The molecule has 0 unspecified atom stereocenters. The first-order chi connectivity index (χ1) is 9.61. The van der Waals surface area contributed by atoms with Crippen molar-refractivity contribution in [2.45, 2.75) is 6.54 Å². The van der Waals surface area contributed by atoms with Crippen LogP contribution < -0.4 is 5.73 Å². The summed E-state index contributed by atoms with van der Waals surface area (Å²) in [4.78, 5) is 15.7. The number of β-amino-alcohol motifs (C(OH)–C–C–N with tert-alkyl or cyclic N) is 1. The van der Waals surface area contributed by atoms with Gasteiger partial charge in [0, 0.05) is 45.0 Å². The Kier molecular flexibility index (Phi) is 4.94. The average molecular weight is 279 g/mol. The molecule has 6 nitrogen and oxygen atoms in total. The third kappa shape index (κ3) is 3.47. The fraction of sp³-hybridized carbons (Fsp3) is 0.500. The molecule has 1 aromatic carbocycles. The Morgan fingerprint density at radius 3 is 2.45 bits per heavy atom. The molecule has 0 aromatic heterocycles. The van der Waals surface area contributed by atoms with Gasteiger partial charge in [-0.3, -0.25) is 9.80 Å². The Bertz CT molecular complexity index is 471. The average Bonchev–Trinajstić information content (AvgIpc) is 2.41. The van der Waals surface area contributed by atoms with Crippen LogP contribution in [-0.4, -0.2) is 65.3 Å². The molecule has 0 atom stereocenters. The Balaban J connectivity index is 2.01. The maximum absolute atomic E-state index is 11.3. The van der Waals surface area contributed by atoms with Crippen LogP contribution in [-0.2, 0) is 6.54 Å². The molecule has 110 valence electrons. The van der Waals surface area contributed by atoms with Crippen molar-refractivity contribution < 1.29 is 15.0 Å². The number of anilines is 1. The lowest BCUT2D eigenvalue weighted by Gasteiger charge is -2.34. The summed E-state index contributed by atoms with van der Waals surface area (Å²) < 4.78 is 0. The van der Waals surface area contributed by atoms with Crippen molar-refractivity contribution in [2.75, 3.05) is 45.1 Å². The Hall–Kier alpha value is -1.63. The zero-order chi connectivity index (χ0) is 14.5. The zero-order valence-electron chi connectivity index (χ0n) is 11.5. The minimum Gasteiger partial charge on any atom is -0.478 e. The zero-order valence-corrected chi connectivity index (χ0v) is 11.5. The predicted octanol–water partition coefficient (Wildman–Crippen LogP) is 0.0769. The molecule has 1 aliphatic heterocycles. The standard InChI is InChI=1S/C14H21N3O3/c15-12-3-1-2-11(13(12)14(19)20)10-17-6-4-16(5-7-17)8-9-18/h1-3,18H,4-10,15H2,(H,19,20). The highest BCUT2D eigenvalue weighted by molar-refractivity contribution is 5.95. The largest absolute Gasteiger partial charge is 0.478 e. The van der Waals surface area contributed by atoms with Crippen LogP contribution in [0, 0.1) is 0 Å². The maximum Gasteiger partial charge on any atom is 0.338 e. The fourth-order valence-electron chi connectivity index (χ4n) is 2.57. The number of piperazine rings is 1. The van der Waals surface area contributed by atoms with E-state index in [0.29, 0.717) is 18.8 Å². The monoisotopic (exact) mass is 279 g/mol. The fourth-order valence-corrected chi connectivity index (χ4v) is 2.57. The van der Waals surface area contributed by atoms with Gasteiger partial charge in [0.1, 0.15) is 0 Å². The molecule has 2 rings (SSSR count). The first-order valence-corrected chi connectivity index (χ1v) is 6.78. The molecule has 20 heavy (non-hydrogen) atoms. The molecular formula is C14H21N3O3. The number of aliphatic hydroxyl groups is 1. The molecule has 0 saturated carbocycles. The van der Waals surface area contributed by atoms with Gasteiger partial charge in [0.2, 0.25) is 0 Å². The van der Waals surface area contributed by atoms with Gasteiger partial charge in [-0.2, -0.15) is 0 Å². The summed E-state index contributed by atoms with van der Waals surface area (Å²) in [5.41, 5.74) is 7.04. The first kappa shape index (κ1) is 14.8. The second kappa shape index (κ2) is 6.69. The van der Waals surface area contributed by atoms with Crippen LogP contribution in [0.4, 0.5) is 5.69 Å². The first-order valence-electron chi connectivity index (χ1n) is 6.78. The SMILES string of the molecule is Nc1cccc(CN2CCN(CCO)CC2)c1C(=O)O. The molecular weight excluding hydrogens is 258 g/mol. The topological polar surface area (TPSA) is 90.0 Å². The van der Waals surface area contributed by atoms with Gasteiger partial charge in [0.15, 0.2) is 0 Å². The van der Waals surface area contributed by atoms with E-state index < -0.39 is 5.97 Å². The summed E-state index contributed by atoms with van der Waals surface area (Å²) in [7, 11) is 0. The minimum absolute atomic E-state index is 0.179. The van der Waals surface area contributed by atoms with Crippen molar-refractivity contribution in [1.29, 1.82) is 0 Å². The van der Waals surface area contributed by atoms with Crippen LogP contribution in [0.25, 0.3) is 0 Å². The number of aliphatic hydroxyl groups excluding tert-OH is 1. The molecule has 0 spiro atoms. The van der Waals surface area contributed by atoms with Crippen LogP contribution in [0.15, 0.2) is 18.2 Å². The second-order valence-electron chi connectivity index (χ2n) is 5.03. The number of rotatable bonds is 5. The summed E-state index contributed by atoms with van der Waals surface area (Å²) in [5.74, 6) is -0.975. The van der Waals surface area contributed by atoms with Gasteiger partial charge in [0.05, 0.1) is 12.2 Å². The number of aromatic carboxylic acids is 1. The van der Waals surface area contributed by atoms with Crippen molar-refractivity contribution in [1.82, 2.24) is 9.80 Å². The summed E-state index contributed by atoms with van der Waals surface area (Å²) in [5, 5.41) is 18.2. The number of hydrogen-bond donors (Lipinski definition) is 3. The molecule has 1 fully saturated rings. The highest BCUT2D eigenvalue weighted by atomic mass is 16.4. The van der Waals surface area contributed by atoms with E-state index in [-0.39, 0.29) is 12.2 Å². The number of carbonyl (C=O) groups is 1. The van der Waals surface area contributed by atoms with Crippen LogP contribution in [0.1, 0.15) is 15.9 Å². The quantitative estimate of drug-likeness (QED) is 0.661. The molecule has 4 N–H and O–H groups in total. The summed E-state index contributed by atoms with van der Waals surface area (Å²) in [6.45, 7) is 5.00. The Morgan fingerprint density at radius 1 is 1.20 bits per heavy atom. The van der Waals surface area contributed by atoms with Crippen molar-refractivity contribution in [2.24, 2.45) is 0 Å². The number of carboxylic acids is 1. The van der Waals surface area contributed by atoms with Crippen molar-refractivity contribution in [3.05, 3.63) is 29.3 Å². The molecule has 1 aliphatic rings. The molecule has 0 aliphatic carbocycles. The van der Waals surface area contributed by atoms with E-state index in [4.69, 9.17) is 10.8 Å². The number of nitrogen functional groups attached to an aromatic ring is 1. The Labute approximate surface area is 118 Å². The number of nitrogens with two attached hydrogens (primary N) is 1. The molecule has 0 amide bonds. The van der Waals surface area contributed by atoms with Crippen LogP contribution in [0.2, 0.25) is 0 Å². The summed E-state index contributed by atoms with van der Waals surface area (Å²) in [6.07, 6.45) is 0. The molecule has 1 saturated heterocycles. The maximum atomic E-state index is 11.3. The van der Waals surface area contributed by atoms with E-state index in [0.717, 1.165) is 31.7 Å². The van der Waals surface area contributed by atoms with Crippen molar-refractivity contribution >= 4 is 11.7 Å². The van der Waals surface area contributed by atoms with Crippen LogP contribution in [0.5, 0.6) is 0 Å². The van der Waals surface area contributed by atoms with E-state index in [1.807, 2.05) is 6.07 Å². The second-order valence-corrected chi connectivity index (χ2v) is 5.03. The van der Waals surface area contributed by atoms with E-state index in [1.54, 1.807) is 12.1 Å². The predicted molar refractivity (Wildman–Crippen MR) is 76.6 cm³/mol. The van der Waals surface area contributed by atoms with Crippen LogP contribution in [0.3, 0.4) is 0 Å². The number of benzene rings is 1. The van der Waals surface area contributed by atoms with Crippen molar-refractivity contribution in [3.8, 4) is 0 Å². The molecule has 6 heteroatoms. The van der Waals surface area contributed by atoms with Gasteiger partial charge in [-0.1, -0.05) is 12.1 Å². The lowest BCUT2D eigenvalue weighted by molar-refractivity contribution is 0.0693. The van der Waals surface area contributed by atoms with E-state index in [9.17, 15) is 9.90 Å². The van der Waals surface area contributed by atoms with Gasteiger partial charge in [-0.05, 0) is 11.6 Å². The summed E-state index contributed by atoms with van der Waals surface area (Å²) >= 11 is 0. The van der Waals surface area contributed by atoms with E-state index in [2.05, 4.69) is 9.80 Å². The van der Waals surface area contributed by atoms with Gasteiger partial charge < -0.3 is 15.9 Å². The molecule has 1 aromatic rings. The lowest BCUT2D eigenvalue weighted by Crippen LogP contribution is -2.46. The number of nitrogens with zero attached hydrogens (tertiary/aromatic N) is 2.